The van der Waals surface area contributed by atoms with Crippen LogP contribution in [0.2, 0.25) is 0 Å². The van der Waals surface area contributed by atoms with Gasteiger partial charge in [-0.05, 0) is 47.2 Å². The lowest BCUT2D eigenvalue weighted by molar-refractivity contribution is 0.342. The van der Waals surface area contributed by atoms with Crippen LogP contribution in [0.5, 0.6) is 0 Å². The van der Waals surface area contributed by atoms with Crippen molar-refractivity contribution in [2.24, 2.45) is 0 Å². The van der Waals surface area contributed by atoms with Crippen LogP contribution in [0, 0.1) is 17.1 Å². The highest BCUT2D eigenvalue weighted by molar-refractivity contribution is 5.34. The first-order valence-electron chi connectivity index (χ1n) is 8.61. The largest absolute Gasteiger partial charge is 0.242 e. The van der Waals surface area contributed by atoms with E-state index < -0.39 is 12.0 Å². The smallest absolute Gasteiger partial charge is 0.141 e. The Balaban J connectivity index is 1.58. The first-order valence-corrected chi connectivity index (χ1v) is 8.61. The zero-order chi connectivity index (χ0) is 18.4. The monoisotopic (exact) mass is 347 g/mol. The van der Waals surface area contributed by atoms with Crippen LogP contribution in [-0.2, 0) is 19.3 Å². The Kier molecular flexibility index (Phi) is 5.76. The maximum absolute atomic E-state index is 14.3. The summed E-state index contributed by atoms with van der Waals surface area (Å²) in [6.07, 6.45) is 0.801. The van der Waals surface area contributed by atoms with E-state index in [0.29, 0.717) is 18.4 Å². The Labute approximate surface area is 152 Å². The van der Waals surface area contributed by atoms with Gasteiger partial charge in [0, 0.05) is 6.42 Å². The van der Waals surface area contributed by atoms with Crippen LogP contribution >= 0.6 is 0 Å². The summed E-state index contributed by atoms with van der Waals surface area (Å²) in [5.74, 6) is -0.477. The number of hydrogen-bond donors (Lipinski definition) is 0. The molecule has 0 aliphatic carbocycles. The quantitative estimate of drug-likeness (QED) is 0.558. The van der Waals surface area contributed by atoms with E-state index in [-0.39, 0.29) is 5.56 Å². The number of aryl methyl sites for hydroxylation is 2. The molecule has 0 saturated heterocycles. The van der Waals surface area contributed by atoms with Gasteiger partial charge in [0.1, 0.15) is 18.1 Å². The highest BCUT2D eigenvalue weighted by Crippen LogP contribution is 2.22. The highest BCUT2D eigenvalue weighted by Gasteiger charge is 2.10. The zero-order valence-corrected chi connectivity index (χ0v) is 14.3. The van der Waals surface area contributed by atoms with Gasteiger partial charge in [-0.25, -0.2) is 8.78 Å². The van der Waals surface area contributed by atoms with Gasteiger partial charge in [0.15, 0.2) is 0 Å². The van der Waals surface area contributed by atoms with Gasteiger partial charge in [0.05, 0.1) is 5.56 Å². The maximum Gasteiger partial charge on any atom is 0.141 e. The number of alkyl halides is 1. The molecule has 1 atom stereocenters. The lowest BCUT2D eigenvalue weighted by atomic mass is 9.99. The van der Waals surface area contributed by atoms with Crippen LogP contribution in [0.15, 0.2) is 72.8 Å². The summed E-state index contributed by atoms with van der Waals surface area (Å²) in [5.41, 5.74) is 3.69. The van der Waals surface area contributed by atoms with Gasteiger partial charge in [-0.1, -0.05) is 60.7 Å². The molecule has 3 heteroatoms. The Hall–Kier alpha value is -2.99. The normalized spacial score (nSPS) is 11.7. The van der Waals surface area contributed by atoms with Crippen molar-refractivity contribution in [3.05, 3.63) is 106 Å². The molecule has 3 rings (SSSR count). The van der Waals surface area contributed by atoms with Crippen molar-refractivity contribution in [3.63, 3.8) is 0 Å². The second-order valence-electron chi connectivity index (χ2n) is 6.32. The van der Waals surface area contributed by atoms with E-state index in [4.69, 9.17) is 5.26 Å². The summed E-state index contributed by atoms with van der Waals surface area (Å²) in [4.78, 5) is 0. The van der Waals surface area contributed by atoms with Crippen molar-refractivity contribution >= 4 is 0 Å². The van der Waals surface area contributed by atoms with Crippen LogP contribution in [0.3, 0.4) is 0 Å². The average molecular weight is 347 g/mol. The summed E-state index contributed by atoms with van der Waals surface area (Å²) in [6, 6.07) is 23.6. The van der Waals surface area contributed by atoms with Gasteiger partial charge < -0.3 is 0 Å². The minimum absolute atomic E-state index is 0.0669. The molecule has 0 aliphatic rings. The van der Waals surface area contributed by atoms with Gasteiger partial charge in [0.2, 0.25) is 0 Å². The third-order valence-electron chi connectivity index (χ3n) is 4.46. The highest BCUT2D eigenvalue weighted by atomic mass is 19.1. The van der Waals surface area contributed by atoms with Gasteiger partial charge in [-0.3, -0.25) is 0 Å². The second kappa shape index (κ2) is 8.40. The Morgan fingerprint density at radius 2 is 1.42 bits per heavy atom. The minimum Gasteiger partial charge on any atom is -0.242 e. The molecule has 0 saturated carbocycles. The Morgan fingerprint density at radius 1 is 0.808 bits per heavy atom. The van der Waals surface area contributed by atoms with Gasteiger partial charge in [0.25, 0.3) is 0 Å². The molecule has 26 heavy (non-hydrogen) atoms. The molecule has 1 nitrogen and oxygen atoms in total. The molecule has 0 radical (unpaired) electrons. The maximum atomic E-state index is 14.3. The Morgan fingerprint density at radius 3 is 2.08 bits per heavy atom. The molecule has 0 amide bonds. The summed E-state index contributed by atoms with van der Waals surface area (Å²) >= 11 is 0. The number of benzene rings is 3. The zero-order valence-electron chi connectivity index (χ0n) is 14.3. The molecule has 0 heterocycles. The van der Waals surface area contributed by atoms with Crippen molar-refractivity contribution in [1.29, 1.82) is 5.26 Å². The van der Waals surface area contributed by atoms with Gasteiger partial charge in [-0.15, -0.1) is 0 Å². The second-order valence-corrected chi connectivity index (χ2v) is 6.32. The molecule has 0 bridgehead atoms. The lowest BCUT2D eigenvalue weighted by Gasteiger charge is -2.09. The van der Waals surface area contributed by atoms with Crippen LogP contribution in [0.4, 0.5) is 8.78 Å². The number of nitriles is 1. The molecule has 0 fully saturated rings. The van der Waals surface area contributed by atoms with E-state index >= 15 is 0 Å². The van der Waals surface area contributed by atoms with Gasteiger partial charge >= 0.3 is 0 Å². The molecule has 3 aromatic carbocycles. The third-order valence-corrected chi connectivity index (χ3v) is 4.46. The molecule has 0 aliphatic heterocycles. The van der Waals surface area contributed by atoms with E-state index in [9.17, 15) is 8.78 Å². The predicted octanol–water partition coefficient (Wildman–Crippen LogP) is 5.74. The average Bonchev–Trinajstić information content (AvgIpc) is 2.68. The van der Waals surface area contributed by atoms with E-state index in [1.165, 1.54) is 12.1 Å². The van der Waals surface area contributed by atoms with Gasteiger partial charge in [-0.2, -0.15) is 5.26 Å². The van der Waals surface area contributed by atoms with E-state index in [0.717, 1.165) is 23.1 Å². The first-order chi connectivity index (χ1) is 12.7. The number of halogens is 2. The SMILES string of the molecule is N#Cc1ccc(CCc2ccc(C[C@H](F)c3ccccc3)cc2)cc1F. The van der Waals surface area contributed by atoms with E-state index in [2.05, 4.69) is 0 Å². The van der Waals surface area contributed by atoms with Crippen LogP contribution in [0.25, 0.3) is 0 Å². The first kappa shape index (κ1) is 17.8. The van der Waals surface area contributed by atoms with E-state index in [1.54, 1.807) is 18.2 Å². The molecule has 0 N–H and O–H groups in total. The molecule has 3 aromatic rings. The van der Waals surface area contributed by atoms with Crippen molar-refractivity contribution in [2.45, 2.75) is 25.4 Å². The molecule has 0 aromatic heterocycles. The lowest BCUT2D eigenvalue weighted by Crippen LogP contribution is -1.98. The number of nitrogens with zero attached hydrogens (tertiary/aromatic N) is 1. The van der Waals surface area contributed by atoms with Crippen molar-refractivity contribution in [1.82, 2.24) is 0 Å². The van der Waals surface area contributed by atoms with Crippen LogP contribution in [-0.4, -0.2) is 0 Å². The molecular weight excluding hydrogens is 328 g/mol. The third kappa shape index (κ3) is 4.55. The van der Waals surface area contributed by atoms with Crippen molar-refractivity contribution in [2.75, 3.05) is 0 Å². The summed E-state index contributed by atoms with van der Waals surface area (Å²) in [5, 5.41) is 8.76. The Bertz CT molecular complexity index is 896. The minimum atomic E-state index is -1.01. The number of hydrogen-bond acceptors (Lipinski definition) is 1. The fourth-order valence-electron chi connectivity index (χ4n) is 2.92. The molecule has 0 spiro atoms. The predicted molar refractivity (Wildman–Crippen MR) is 99.0 cm³/mol. The van der Waals surface area contributed by atoms with Crippen LogP contribution < -0.4 is 0 Å². The number of rotatable bonds is 6. The van der Waals surface area contributed by atoms with Crippen molar-refractivity contribution in [3.8, 4) is 6.07 Å². The molecular formula is C23H19F2N. The topological polar surface area (TPSA) is 23.8 Å². The molecule has 130 valence electrons. The summed E-state index contributed by atoms with van der Waals surface area (Å²) in [7, 11) is 0. The fourth-order valence-corrected chi connectivity index (χ4v) is 2.92. The molecule has 0 unspecified atom stereocenters. The summed E-state index contributed by atoms with van der Waals surface area (Å²) in [6.45, 7) is 0. The standard InChI is InChI=1S/C23H19F2N/c24-22(20-4-2-1-3-5-20)14-18-9-6-17(7-10-18)8-11-19-12-13-21(16-26)23(25)15-19/h1-7,9-10,12-13,15,22H,8,11,14H2/t22-/m0/s1. The van der Waals surface area contributed by atoms with Crippen molar-refractivity contribution < 1.29 is 8.78 Å². The summed E-state index contributed by atoms with van der Waals surface area (Å²) < 4.78 is 28.0. The van der Waals surface area contributed by atoms with E-state index in [1.807, 2.05) is 48.5 Å². The van der Waals surface area contributed by atoms with Crippen LogP contribution in [0.1, 0.15) is 34.0 Å². The fraction of sp³-hybridized carbons (Fsp3) is 0.174.